The van der Waals surface area contributed by atoms with Gasteiger partial charge in [0.2, 0.25) is 0 Å². The molecule has 2 atom stereocenters. The molecule has 2 aromatic heterocycles. The van der Waals surface area contributed by atoms with E-state index in [0.717, 1.165) is 35.6 Å². The van der Waals surface area contributed by atoms with E-state index in [-0.39, 0.29) is 11.2 Å². The molecule has 0 amide bonds. The van der Waals surface area contributed by atoms with Crippen LogP contribution in [0.2, 0.25) is 0 Å². The first kappa shape index (κ1) is 22.9. The topological polar surface area (TPSA) is 63.5 Å². The van der Waals surface area contributed by atoms with Crippen molar-refractivity contribution < 1.29 is 13.3 Å². The molecule has 1 fully saturated rings. The predicted octanol–water partition coefficient (Wildman–Crippen LogP) is 3.47. The number of pyridine rings is 1. The Hall–Kier alpha value is -2.88. The fourth-order valence-corrected chi connectivity index (χ4v) is 6.17. The minimum absolute atomic E-state index is 0.269. The van der Waals surface area contributed by atoms with Gasteiger partial charge in [0.15, 0.2) is 0 Å². The minimum Gasteiger partial charge on any atom is -0.384 e. The first-order chi connectivity index (χ1) is 16.4. The molecule has 1 saturated heterocycles. The molecule has 3 aromatic rings. The van der Waals surface area contributed by atoms with Crippen LogP contribution in [0.1, 0.15) is 17.7 Å². The van der Waals surface area contributed by atoms with Gasteiger partial charge in [-0.25, -0.2) is 22.6 Å². The monoisotopic (exact) mass is 481 g/mol. The molecule has 178 valence electrons. The molecule has 0 N–H and O–H groups in total. The molecule has 1 aliphatic carbocycles. The van der Waals surface area contributed by atoms with Crippen LogP contribution in [0.3, 0.4) is 0 Å². The van der Waals surface area contributed by atoms with Crippen LogP contribution in [0.25, 0.3) is 11.8 Å². The lowest BCUT2D eigenvalue weighted by Crippen LogP contribution is -2.50. The Balaban J connectivity index is 1.43. The molecular formula is C25H28FN5O2S. The Morgan fingerprint density at radius 3 is 2.65 bits per heavy atom. The number of fused-ring (bicyclic) bond motifs is 2. The maximum Gasteiger partial charge on any atom is 0.129 e. The second-order valence-corrected chi connectivity index (χ2v) is 10.6. The maximum absolute atomic E-state index is 13.4. The van der Waals surface area contributed by atoms with Crippen molar-refractivity contribution in [2.24, 2.45) is 5.41 Å². The van der Waals surface area contributed by atoms with E-state index in [2.05, 4.69) is 16.2 Å². The molecule has 1 aliphatic heterocycles. The van der Waals surface area contributed by atoms with E-state index in [1.165, 1.54) is 17.7 Å². The highest BCUT2D eigenvalue weighted by atomic mass is 32.2. The third kappa shape index (κ3) is 4.08. The lowest BCUT2D eigenvalue weighted by molar-refractivity contribution is 0.0746. The summed E-state index contributed by atoms with van der Waals surface area (Å²) in [5.41, 5.74) is 3.95. The SMILES string of the molecule is COC[C@]12Cc3cnn(-c4ccc(F)cc4)c3C=C1CCN(S(=O)c1ccc(N(C)C)nc1)C2. The van der Waals surface area contributed by atoms with Crippen molar-refractivity contribution in [1.29, 1.82) is 0 Å². The number of nitrogens with zero attached hydrogens (tertiary/aromatic N) is 5. The van der Waals surface area contributed by atoms with Gasteiger partial charge < -0.3 is 9.64 Å². The Morgan fingerprint density at radius 1 is 1.18 bits per heavy atom. The molecule has 9 heteroatoms. The molecular weight excluding hydrogens is 453 g/mol. The summed E-state index contributed by atoms with van der Waals surface area (Å²) < 4.78 is 36.4. The second kappa shape index (κ2) is 9.05. The first-order valence-corrected chi connectivity index (χ1v) is 12.3. The van der Waals surface area contributed by atoms with E-state index >= 15 is 0 Å². The molecule has 34 heavy (non-hydrogen) atoms. The van der Waals surface area contributed by atoms with E-state index in [4.69, 9.17) is 4.74 Å². The zero-order valence-corrected chi connectivity index (χ0v) is 20.4. The van der Waals surface area contributed by atoms with E-state index in [1.54, 1.807) is 25.4 Å². The molecule has 0 radical (unpaired) electrons. The Kier molecular flexibility index (Phi) is 6.09. The number of rotatable bonds is 6. The van der Waals surface area contributed by atoms with Crippen molar-refractivity contribution >= 4 is 22.9 Å². The van der Waals surface area contributed by atoms with Gasteiger partial charge in [-0.15, -0.1) is 0 Å². The van der Waals surface area contributed by atoms with Gasteiger partial charge in [0, 0.05) is 45.9 Å². The quantitative estimate of drug-likeness (QED) is 0.540. The van der Waals surface area contributed by atoms with Gasteiger partial charge >= 0.3 is 0 Å². The number of benzene rings is 1. The largest absolute Gasteiger partial charge is 0.384 e. The highest BCUT2D eigenvalue weighted by Gasteiger charge is 2.44. The Morgan fingerprint density at radius 2 is 1.97 bits per heavy atom. The molecule has 2 aliphatic rings. The number of hydrogen-bond donors (Lipinski definition) is 0. The lowest BCUT2D eigenvalue weighted by atomic mass is 9.69. The smallest absolute Gasteiger partial charge is 0.129 e. The number of ether oxygens (including phenoxy) is 1. The third-order valence-electron chi connectivity index (χ3n) is 6.62. The van der Waals surface area contributed by atoms with Gasteiger partial charge in [-0.3, -0.25) is 0 Å². The van der Waals surface area contributed by atoms with Crippen LogP contribution < -0.4 is 4.90 Å². The Labute approximate surface area is 201 Å². The van der Waals surface area contributed by atoms with E-state index < -0.39 is 11.0 Å². The zero-order valence-electron chi connectivity index (χ0n) is 19.6. The summed E-state index contributed by atoms with van der Waals surface area (Å²) in [4.78, 5) is 7.05. The fourth-order valence-electron chi connectivity index (χ4n) is 4.92. The fraction of sp³-hybridized carbons (Fsp3) is 0.360. The van der Waals surface area contributed by atoms with Crippen LogP contribution in [0.4, 0.5) is 10.2 Å². The molecule has 1 unspecified atom stereocenters. The van der Waals surface area contributed by atoms with Crippen molar-refractivity contribution in [3.05, 3.63) is 71.4 Å². The van der Waals surface area contributed by atoms with Gasteiger partial charge in [-0.1, -0.05) is 5.57 Å². The minimum atomic E-state index is -1.31. The number of hydrogen-bond acceptors (Lipinski definition) is 5. The van der Waals surface area contributed by atoms with Crippen molar-refractivity contribution in [3.63, 3.8) is 0 Å². The van der Waals surface area contributed by atoms with Crippen molar-refractivity contribution in [3.8, 4) is 5.69 Å². The van der Waals surface area contributed by atoms with Gasteiger partial charge in [-0.2, -0.15) is 5.10 Å². The third-order valence-corrected chi connectivity index (χ3v) is 8.05. The average molecular weight is 482 g/mol. The van der Waals surface area contributed by atoms with E-state index in [0.29, 0.717) is 24.6 Å². The van der Waals surface area contributed by atoms with E-state index in [9.17, 15) is 8.60 Å². The van der Waals surface area contributed by atoms with Gasteiger partial charge in [0.25, 0.3) is 0 Å². The molecule has 0 saturated carbocycles. The van der Waals surface area contributed by atoms with Crippen LogP contribution in [-0.2, 0) is 22.1 Å². The zero-order chi connectivity index (χ0) is 23.9. The molecule has 0 bridgehead atoms. The molecule has 7 nitrogen and oxygen atoms in total. The van der Waals surface area contributed by atoms with Gasteiger partial charge in [0.05, 0.1) is 29.1 Å². The number of piperidine rings is 1. The molecule has 3 heterocycles. The van der Waals surface area contributed by atoms with Crippen LogP contribution in [0.15, 0.2) is 59.3 Å². The van der Waals surface area contributed by atoms with Gasteiger partial charge in [0.1, 0.15) is 22.6 Å². The normalized spacial score (nSPS) is 20.9. The van der Waals surface area contributed by atoms with Crippen LogP contribution in [0.5, 0.6) is 0 Å². The number of aromatic nitrogens is 3. The van der Waals surface area contributed by atoms with E-state index in [1.807, 2.05) is 46.3 Å². The number of methoxy groups -OCH3 is 1. The summed E-state index contributed by atoms with van der Waals surface area (Å²) >= 11 is 0. The summed E-state index contributed by atoms with van der Waals surface area (Å²) in [5, 5.41) is 4.59. The molecule has 0 spiro atoms. The molecule has 5 rings (SSSR count). The Bertz CT molecular complexity index is 1240. The van der Waals surface area contributed by atoms with Crippen molar-refractivity contribution in [1.82, 2.24) is 19.1 Å². The number of halogens is 1. The highest BCUT2D eigenvalue weighted by Crippen LogP contribution is 2.45. The summed E-state index contributed by atoms with van der Waals surface area (Å²) in [5.74, 6) is 0.563. The average Bonchev–Trinajstić information content (AvgIpc) is 3.24. The lowest BCUT2D eigenvalue weighted by Gasteiger charge is -2.45. The van der Waals surface area contributed by atoms with Gasteiger partial charge in [-0.05, 0) is 60.9 Å². The summed E-state index contributed by atoms with van der Waals surface area (Å²) in [6.07, 6.45) is 7.30. The second-order valence-electron chi connectivity index (χ2n) is 9.11. The summed E-state index contributed by atoms with van der Waals surface area (Å²) in [6, 6.07) is 10.1. The number of anilines is 1. The summed E-state index contributed by atoms with van der Waals surface area (Å²) in [7, 11) is 4.27. The molecule has 1 aromatic carbocycles. The van der Waals surface area contributed by atoms with Crippen LogP contribution in [-0.4, -0.2) is 64.2 Å². The van der Waals surface area contributed by atoms with Crippen molar-refractivity contribution in [2.45, 2.75) is 17.7 Å². The van der Waals surface area contributed by atoms with Crippen LogP contribution >= 0.6 is 0 Å². The highest BCUT2D eigenvalue weighted by molar-refractivity contribution is 7.82. The maximum atomic E-state index is 13.4. The standard InChI is InChI=1S/C25H28FN5O2S/c1-29(2)24-9-8-22(15-27-24)34(32)30-11-10-19-12-23-18(13-25(19,16-30)17-33-3)14-28-31(23)21-6-4-20(26)5-7-21/h4-9,12,14-15H,10-11,13,16-17H2,1-3H3/t25-,34?/m1/s1. The first-order valence-electron chi connectivity index (χ1n) is 11.2. The van der Waals surface area contributed by atoms with Crippen LogP contribution in [0, 0.1) is 11.2 Å². The van der Waals surface area contributed by atoms with Crippen molar-refractivity contribution in [2.75, 3.05) is 45.8 Å². The predicted molar refractivity (Wildman–Crippen MR) is 131 cm³/mol. The summed E-state index contributed by atoms with van der Waals surface area (Å²) in [6.45, 7) is 1.83.